The van der Waals surface area contributed by atoms with E-state index in [0.29, 0.717) is 11.5 Å². The predicted molar refractivity (Wildman–Crippen MR) is 260 cm³/mol. The monoisotopic (exact) mass is 819 g/mol. The van der Waals surface area contributed by atoms with Crippen LogP contribution in [0.4, 0.5) is 0 Å². The summed E-state index contributed by atoms with van der Waals surface area (Å²) in [5.41, 5.74) is 15.0. The Morgan fingerprint density at radius 1 is 0.344 bits per heavy atom. The molecule has 0 saturated heterocycles. The van der Waals surface area contributed by atoms with E-state index in [0.717, 1.165) is 121 Å². The van der Waals surface area contributed by atoms with E-state index in [9.17, 15) is 0 Å². The first-order valence-electron chi connectivity index (χ1n) is 21.5. The Kier molecular flexibility index (Phi) is 7.30. The van der Waals surface area contributed by atoms with Crippen molar-refractivity contribution in [3.8, 4) is 50.6 Å². The summed E-state index contributed by atoms with van der Waals surface area (Å²) in [6.07, 6.45) is 0. The standard InChI is InChI=1S/C58H33N3O3/c1-3-13-34(14-4-1)36-26-30-51-45(32-36)54-55(59-57(60-58(54)64-51)35-15-5-2-6-16-35)42-20-12-24-52-53(42)44-33-38(27-29-50(44)62-52)37-25-28-47-43(31-37)39-17-7-9-21-46(39)61(47)48-22-11-19-41-40-18-8-10-23-49(40)63-56(41)48/h1-33H. The zero-order valence-electron chi connectivity index (χ0n) is 34.1. The number of benzene rings is 9. The van der Waals surface area contributed by atoms with E-state index in [1.165, 1.54) is 5.39 Å². The van der Waals surface area contributed by atoms with Crippen molar-refractivity contribution in [3.05, 3.63) is 200 Å². The van der Waals surface area contributed by atoms with Gasteiger partial charge in [0.05, 0.1) is 27.8 Å². The quantitative estimate of drug-likeness (QED) is 0.173. The molecular weight excluding hydrogens is 787 g/mol. The van der Waals surface area contributed by atoms with Gasteiger partial charge in [-0.25, -0.2) is 4.98 Å². The van der Waals surface area contributed by atoms with Crippen molar-refractivity contribution >= 4 is 87.8 Å². The van der Waals surface area contributed by atoms with Crippen LogP contribution in [-0.2, 0) is 0 Å². The van der Waals surface area contributed by atoms with Gasteiger partial charge in [-0.1, -0.05) is 140 Å². The van der Waals surface area contributed by atoms with E-state index >= 15 is 0 Å². The first kappa shape index (κ1) is 34.9. The van der Waals surface area contributed by atoms with Gasteiger partial charge in [-0.2, -0.15) is 4.98 Å². The lowest BCUT2D eigenvalue weighted by molar-refractivity contribution is 0.653. The number of rotatable bonds is 5. The number of aromatic nitrogens is 3. The zero-order valence-corrected chi connectivity index (χ0v) is 34.1. The Hall–Kier alpha value is -8.74. The van der Waals surface area contributed by atoms with Gasteiger partial charge in [-0.15, -0.1) is 0 Å². The summed E-state index contributed by atoms with van der Waals surface area (Å²) in [6.45, 7) is 0. The Balaban J connectivity index is 0.976. The average molecular weight is 820 g/mol. The van der Waals surface area contributed by atoms with Crippen LogP contribution in [0.15, 0.2) is 213 Å². The molecule has 14 rings (SSSR count). The number of nitrogens with zero attached hydrogens (tertiary/aromatic N) is 3. The van der Waals surface area contributed by atoms with Crippen LogP contribution in [0.3, 0.4) is 0 Å². The van der Waals surface area contributed by atoms with Crippen LogP contribution in [0.2, 0.25) is 0 Å². The van der Waals surface area contributed by atoms with Crippen molar-refractivity contribution in [2.75, 3.05) is 0 Å². The maximum Gasteiger partial charge on any atom is 0.231 e. The summed E-state index contributed by atoms with van der Waals surface area (Å²) in [5.74, 6) is 0.597. The van der Waals surface area contributed by atoms with Gasteiger partial charge in [0.1, 0.15) is 22.3 Å². The normalized spacial score (nSPS) is 12.1. The topological polar surface area (TPSA) is 70.1 Å². The van der Waals surface area contributed by atoms with Crippen LogP contribution in [0.5, 0.6) is 0 Å². The maximum absolute atomic E-state index is 6.64. The number of hydrogen-bond acceptors (Lipinski definition) is 5. The fraction of sp³-hybridized carbons (Fsp3) is 0. The molecule has 0 aliphatic heterocycles. The second-order valence-electron chi connectivity index (χ2n) is 16.4. The molecule has 0 N–H and O–H groups in total. The average Bonchev–Trinajstić information content (AvgIpc) is 4.12. The highest BCUT2D eigenvalue weighted by atomic mass is 16.3. The van der Waals surface area contributed by atoms with Crippen LogP contribution in [-0.4, -0.2) is 14.5 Å². The number of hydrogen-bond donors (Lipinski definition) is 0. The van der Waals surface area contributed by atoms with Crippen molar-refractivity contribution in [1.29, 1.82) is 0 Å². The molecule has 0 amide bonds. The predicted octanol–water partition coefficient (Wildman–Crippen LogP) is 15.9. The first-order chi connectivity index (χ1) is 31.7. The Morgan fingerprint density at radius 2 is 0.938 bits per heavy atom. The molecule has 298 valence electrons. The molecule has 5 aromatic heterocycles. The highest BCUT2D eigenvalue weighted by molar-refractivity contribution is 6.19. The van der Waals surface area contributed by atoms with Gasteiger partial charge in [-0.05, 0) is 82.9 Å². The molecule has 0 saturated carbocycles. The van der Waals surface area contributed by atoms with E-state index in [-0.39, 0.29) is 0 Å². The molecule has 6 heteroatoms. The van der Waals surface area contributed by atoms with Gasteiger partial charge in [0.2, 0.25) is 5.71 Å². The molecule has 0 bridgehead atoms. The summed E-state index contributed by atoms with van der Waals surface area (Å²) in [7, 11) is 0. The Morgan fingerprint density at radius 3 is 1.77 bits per heavy atom. The van der Waals surface area contributed by atoms with E-state index in [4.69, 9.17) is 23.2 Å². The minimum absolute atomic E-state index is 0.540. The third kappa shape index (κ3) is 5.14. The molecular formula is C58H33N3O3. The van der Waals surface area contributed by atoms with Gasteiger partial charge in [-0.3, -0.25) is 0 Å². The highest BCUT2D eigenvalue weighted by Gasteiger charge is 2.23. The van der Waals surface area contributed by atoms with Crippen LogP contribution in [0, 0.1) is 0 Å². The maximum atomic E-state index is 6.64. The van der Waals surface area contributed by atoms with Crippen molar-refractivity contribution < 1.29 is 13.3 Å². The summed E-state index contributed by atoms with van der Waals surface area (Å²) >= 11 is 0. The highest BCUT2D eigenvalue weighted by Crippen LogP contribution is 2.45. The van der Waals surface area contributed by atoms with Crippen LogP contribution in [0.25, 0.3) is 138 Å². The van der Waals surface area contributed by atoms with Gasteiger partial charge >= 0.3 is 0 Å². The molecule has 0 spiro atoms. The molecule has 5 heterocycles. The van der Waals surface area contributed by atoms with Crippen LogP contribution in [0.1, 0.15) is 0 Å². The minimum atomic E-state index is 0.540. The van der Waals surface area contributed by atoms with Gasteiger partial charge < -0.3 is 17.8 Å². The molecule has 6 nitrogen and oxygen atoms in total. The Bertz CT molecular complexity index is 4190. The molecule has 64 heavy (non-hydrogen) atoms. The number of fused-ring (bicyclic) bond motifs is 12. The molecule has 9 aromatic carbocycles. The molecule has 0 fully saturated rings. The van der Waals surface area contributed by atoms with E-state index < -0.39 is 0 Å². The molecule has 0 atom stereocenters. The fourth-order valence-corrected chi connectivity index (χ4v) is 9.92. The van der Waals surface area contributed by atoms with Crippen molar-refractivity contribution in [2.24, 2.45) is 0 Å². The molecule has 0 aliphatic carbocycles. The number of furan rings is 3. The minimum Gasteiger partial charge on any atom is -0.456 e. The van der Waals surface area contributed by atoms with E-state index in [1.54, 1.807) is 0 Å². The lowest BCUT2D eigenvalue weighted by Gasteiger charge is -2.09. The second-order valence-corrected chi connectivity index (χ2v) is 16.4. The van der Waals surface area contributed by atoms with E-state index in [2.05, 4.69) is 138 Å². The third-order valence-corrected chi connectivity index (χ3v) is 12.9. The summed E-state index contributed by atoms with van der Waals surface area (Å²) < 4.78 is 22.1. The van der Waals surface area contributed by atoms with Crippen LogP contribution < -0.4 is 0 Å². The Labute approximate surface area is 364 Å². The van der Waals surface area contributed by atoms with Crippen LogP contribution >= 0.6 is 0 Å². The van der Waals surface area contributed by atoms with Crippen molar-refractivity contribution in [3.63, 3.8) is 0 Å². The molecule has 14 aromatic rings. The molecule has 0 radical (unpaired) electrons. The smallest absolute Gasteiger partial charge is 0.231 e. The lowest BCUT2D eigenvalue weighted by atomic mass is 9.96. The third-order valence-electron chi connectivity index (χ3n) is 12.9. The summed E-state index contributed by atoms with van der Waals surface area (Å²) in [5, 5.41) is 8.38. The molecule has 0 aliphatic rings. The SMILES string of the molecule is c1ccc(-c2ccc3oc4nc(-c5ccccc5)nc(-c5cccc6oc7ccc(-c8ccc9c(c8)c8ccccc8n9-c8cccc9c8oc8ccccc89)cc7c56)c4c3c2)cc1. The lowest BCUT2D eigenvalue weighted by Crippen LogP contribution is -1.94. The van der Waals surface area contributed by atoms with E-state index in [1.807, 2.05) is 66.7 Å². The molecule has 0 unspecified atom stereocenters. The second kappa shape index (κ2) is 13.4. The summed E-state index contributed by atoms with van der Waals surface area (Å²) in [6, 6.07) is 69.7. The number of para-hydroxylation sites is 3. The van der Waals surface area contributed by atoms with Crippen molar-refractivity contribution in [2.45, 2.75) is 0 Å². The van der Waals surface area contributed by atoms with Crippen molar-refractivity contribution in [1.82, 2.24) is 14.5 Å². The zero-order chi connectivity index (χ0) is 41.9. The summed E-state index contributed by atoms with van der Waals surface area (Å²) in [4.78, 5) is 10.4. The van der Waals surface area contributed by atoms with Gasteiger partial charge in [0.15, 0.2) is 11.4 Å². The first-order valence-corrected chi connectivity index (χ1v) is 21.5. The largest absolute Gasteiger partial charge is 0.456 e. The van der Waals surface area contributed by atoms with Gasteiger partial charge in [0, 0.05) is 48.8 Å². The van der Waals surface area contributed by atoms with Gasteiger partial charge in [0.25, 0.3) is 0 Å². The fourth-order valence-electron chi connectivity index (χ4n) is 9.92.